The molecule has 16 nitrogen and oxygen atoms in total. The van der Waals surface area contributed by atoms with Crippen molar-refractivity contribution in [1.82, 2.24) is 19.6 Å². The van der Waals surface area contributed by atoms with Gasteiger partial charge in [-0.25, -0.2) is 0 Å². The molecule has 0 saturated carbocycles. The Hall–Kier alpha value is -3.18. The van der Waals surface area contributed by atoms with E-state index in [9.17, 15) is 109 Å². The number of β-amino-alcohol motifs (C(OH)–C–C–N with tert-alkyl or cyclic N) is 1. The Labute approximate surface area is 375 Å². The van der Waals surface area contributed by atoms with Crippen molar-refractivity contribution < 1.29 is 133 Å². The van der Waals surface area contributed by atoms with Crippen LogP contribution in [0.25, 0.3) is 0 Å². The van der Waals surface area contributed by atoms with Crippen LogP contribution in [0.15, 0.2) is 0 Å². The Kier molecular flexibility index (Phi) is 24.8. The summed E-state index contributed by atoms with van der Waals surface area (Å²) in [7, 11) is 0. The average molecular weight is 1040 g/mol. The van der Waals surface area contributed by atoms with E-state index in [0.29, 0.717) is 0 Å². The molecule has 1 aliphatic rings. The first-order valence-electron chi connectivity index (χ1n) is 19.9. The standard InChI is InChI=1S/C35H51F17N4O12/c36-28(37,29(38,39)30(40,41)31(42,43)32(44,45)33(46,47)34(48,49)35(50,51)52)1-10-64-11-12-65-13-14-66-15-16-67-17-18-68-23-24(57)19-53-2-4-54(20-25(58)59)6-8-56(22-27(62)63)9-7-55(5-3-53)21-26(60)61/h24,57H,1-23H2,(H,58,59)(H,60,61)(H,62,63). The molecule has 0 bridgehead atoms. The lowest BCUT2D eigenvalue weighted by molar-refractivity contribution is -0.462. The highest BCUT2D eigenvalue weighted by Gasteiger charge is 2.95. The van der Waals surface area contributed by atoms with Crippen LogP contribution >= 0.6 is 0 Å². The van der Waals surface area contributed by atoms with Gasteiger partial charge in [0.1, 0.15) is 0 Å². The van der Waals surface area contributed by atoms with Gasteiger partial charge >= 0.3 is 65.5 Å². The lowest BCUT2D eigenvalue weighted by atomic mass is 9.88. The van der Waals surface area contributed by atoms with E-state index in [1.54, 1.807) is 19.6 Å². The van der Waals surface area contributed by atoms with Crippen LogP contribution < -0.4 is 0 Å². The summed E-state index contributed by atoms with van der Waals surface area (Å²) < 4.78 is 252. The first kappa shape index (κ1) is 62.8. The fourth-order valence-electron chi connectivity index (χ4n) is 5.81. The number of carboxylic acid groups (broad SMARTS) is 3. The fraction of sp³-hybridized carbons (Fsp3) is 0.914. The maximum Gasteiger partial charge on any atom is 0.460 e. The summed E-state index contributed by atoms with van der Waals surface area (Å²) >= 11 is 0. The highest BCUT2D eigenvalue weighted by atomic mass is 19.4. The quantitative estimate of drug-likeness (QED) is 0.0584. The van der Waals surface area contributed by atoms with Gasteiger partial charge in [-0.3, -0.25) is 34.0 Å². The van der Waals surface area contributed by atoms with E-state index in [1.165, 1.54) is 0 Å². The maximum atomic E-state index is 14.0. The highest BCUT2D eigenvalue weighted by Crippen LogP contribution is 2.64. The number of halogens is 17. The van der Waals surface area contributed by atoms with Gasteiger partial charge in [-0.05, 0) is 0 Å². The largest absolute Gasteiger partial charge is 0.480 e. The summed E-state index contributed by atoms with van der Waals surface area (Å²) in [6, 6.07) is 0. The van der Waals surface area contributed by atoms with Crippen molar-refractivity contribution in [2.75, 3.05) is 145 Å². The van der Waals surface area contributed by atoms with Crippen molar-refractivity contribution in [3.63, 3.8) is 0 Å². The lowest BCUT2D eigenvalue weighted by Gasteiger charge is -2.42. The first-order valence-corrected chi connectivity index (χ1v) is 19.9. The topological polar surface area (TPSA) is 191 Å². The van der Waals surface area contributed by atoms with Gasteiger partial charge in [-0.15, -0.1) is 0 Å². The Morgan fingerprint density at radius 1 is 0.397 bits per heavy atom. The third-order valence-electron chi connectivity index (χ3n) is 9.62. The van der Waals surface area contributed by atoms with Crippen molar-refractivity contribution in [1.29, 1.82) is 0 Å². The SMILES string of the molecule is O=C(O)CN1CCN(CC(=O)O)CCN(CC(O)COCCOCCOCCOCCOCCC(F)(F)C(F)(F)C(F)(F)C(F)(F)C(F)(F)C(F)(F)C(F)(F)C(F)(F)F)CCN(CC(=O)O)CC1. The maximum absolute atomic E-state index is 14.0. The van der Waals surface area contributed by atoms with Gasteiger partial charge in [-0.2, -0.15) is 74.6 Å². The van der Waals surface area contributed by atoms with Crippen LogP contribution in [0.4, 0.5) is 74.6 Å². The van der Waals surface area contributed by atoms with Crippen LogP contribution in [0.3, 0.4) is 0 Å². The minimum atomic E-state index is -8.69. The Morgan fingerprint density at radius 2 is 0.662 bits per heavy atom. The second kappa shape index (κ2) is 26.9. The molecule has 33 heteroatoms. The molecule has 0 aromatic rings. The molecule has 1 heterocycles. The Balaban J connectivity index is 2.43. The number of aliphatic hydroxyl groups is 1. The van der Waals surface area contributed by atoms with Gasteiger partial charge in [-0.1, -0.05) is 0 Å². The van der Waals surface area contributed by atoms with Crippen molar-refractivity contribution in [3.05, 3.63) is 0 Å². The van der Waals surface area contributed by atoms with Crippen LogP contribution in [0.2, 0.25) is 0 Å². The van der Waals surface area contributed by atoms with Crippen LogP contribution in [0.5, 0.6) is 0 Å². The minimum Gasteiger partial charge on any atom is -0.480 e. The molecule has 0 amide bonds. The molecular formula is C35H51F17N4O12. The number of hydrogen-bond acceptors (Lipinski definition) is 13. The van der Waals surface area contributed by atoms with Crippen molar-refractivity contribution >= 4 is 17.9 Å². The van der Waals surface area contributed by atoms with E-state index >= 15 is 0 Å². The predicted octanol–water partition coefficient (Wildman–Crippen LogP) is 3.31. The average Bonchev–Trinajstić information content (AvgIpc) is 3.20. The van der Waals surface area contributed by atoms with E-state index in [-0.39, 0.29) is 125 Å². The van der Waals surface area contributed by atoms with Gasteiger partial charge in [0.25, 0.3) is 0 Å². The molecule has 68 heavy (non-hydrogen) atoms. The zero-order valence-corrected chi connectivity index (χ0v) is 35.6. The van der Waals surface area contributed by atoms with Gasteiger partial charge < -0.3 is 44.1 Å². The number of aliphatic carboxylic acids is 3. The fourth-order valence-corrected chi connectivity index (χ4v) is 5.81. The molecule has 0 aliphatic carbocycles. The number of ether oxygens (including phenoxy) is 5. The van der Waals surface area contributed by atoms with Crippen LogP contribution in [-0.2, 0) is 38.1 Å². The van der Waals surface area contributed by atoms with E-state index in [2.05, 4.69) is 4.74 Å². The number of carboxylic acids is 3. The molecule has 1 rings (SSSR count). The summed E-state index contributed by atoms with van der Waals surface area (Å²) in [6.07, 6.45) is -11.6. The number of hydrogen-bond donors (Lipinski definition) is 4. The molecule has 1 unspecified atom stereocenters. The van der Waals surface area contributed by atoms with Crippen molar-refractivity contribution in [3.8, 4) is 0 Å². The number of alkyl halides is 17. The van der Waals surface area contributed by atoms with Crippen LogP contribution in [0, 0.1) is 0 Å². The summed E-state index contributed by atoms with van der Waals surface area (Å²) in [5, 5.41) is 38.6. The van der Waals surface area contributed by atoms with Crippen molar-refractivity contribution in [2.45, 2.75) is 60.2 Å². The third kappa shape index (κ3) is 17.9. The normalized spacial score (nSPS) is 17.7. The molecule has 402 valence electrons. The van der Waals surface area contributed by atoms with Crippen molar-refractivity contribution in [2.24, 2.45) is 0 Å². The summed E-state index contributed by atoms with van der Waals surface area (Å²) in [5.74, 6) is -60.1. The summed E-state index contributed by atoms with van der Waals surface area (Å²) in [6.45, 7) is -2.76. The molecule has 1 aliphatic heterocycles. The Bertz CT molecular complexity index is 1510. The predicted molar refractivity (Wildman–Crippen MR) is 194 cm³/mol. The second-order valence-electron chi connectivity index (χ2n) is 14.9. The van der Waals surface area contributed by atoms with Crippen LogP contribution in [0.1, 0.15) is 6.42 Å². The molecule has 1 atom stereocenters. The molecule has 0 aromatic heterocycles. The first-order chi connectivity index (χ1) is 31.1. The smallest absolute Gasteiger partial charge is 0.460 e. The molecule has 4 N–H and O–H groups in total. The van der Waals surface area contributed by atoms with Gasteiger partial charge in [0.15, 0.2) is 0 Å². The molecule has 0 aromatic carbocycles. The molecule has 1 fully saturated rings. The van der Waals surface area contributed by atoms with E-state index < -0.39 is 97.9 Å². The monoisotopic (exact) mass is 1040 g/mol. The highest BCUT2D eigenvalue weighted by molar-refractivity contribution is 5.69. The zero-order valence-electron chi connectivity index (χ0n) is 35.6. The van der Waals surface area contributed by atoms with E-state index in [1.807, 2.05) is 0 Å². The number of nitrogens with zero attached hydrogens (tertiary/aromatic N) is 4. The van der Waals surface area contributed by atoms with Gasteiger partial charge in [0, 0.05) is 65.3 Å². The number of carbonyl (C=O) groups is 3. The summed E-state index contributed by atoms with van der Waals surface area (Å²) in [4.78, 5) is 40.8. The van der Waals surface area contributed by atoms with Gasteiger partial charge in [0.2, 0.25) is 0 Å². The number of aliphatic hydroxyl groups excluding tert-OH is 1. The third-order valence-corrected chi connectivity index (χ3v) is 9.62. The molecule has 0 spiro atoms. The van der Waals surface area contributed by atoms with Crippen LogP contribution in [-0.4, -0.2) is 256 Å². The molecule has 1 saturated heterocycles. The minimum absolute atomic E-state index is 0.000482. The zero-order chi connectivity index (χ0) is 52.4. The second-order valence-corrected chi connectivity index (χ2v) is 14.9. The van der Waals surface area contributed by atoms with E-state index in [0.717, 1.165) is 0 Å². The molecule has 0 radical (unpaired) electrons. The lowest BCUT2D eigenvalue weighted by Crippen LogP contribution is -2.74. The van der Waals surface area contributed by atoms with E-state index in [4.69, 9.17) is 18.9 Å². The van der Waals surface area contributed by atoms with Gasteiger partial charge in [0.05, 0.1) is 91.8 Å². The number of rotatable bonds is 31. The summed E-state index contributed by atoms with van der Waals surface area (Å²) in [5.41, 5.74) is 0. The molecular weight excluding hydrogens is 991 g/mol. The Morgan fingerprint density at radius 3 is 0.971 bits per heavy atom.